The minimum Gasteiger partial charge on any atom is -0.325 e. The van der Waals surface area contributed by atoms with Gasteiger partial charge < -0.3 is 5.73 Å². The van der Waals surface area contributed by atoms with Crippen LogP contribution >= 0.6 is 23.2 Å². The highest BCUT2D eigenvalue weighted by Crippen LogP contribution is 2.17. The number of halogens is 2. The van der Waals surface area contributed by atoms with Crippen molar-refractivity contribution in [2.24, 2.45) is 5.73 Å². The van der Waals surface area contributed by atoms with Crippen molar-refractivity contribution in [3.05, 3.63) is 28.0 Å². The van der Waals surface area contributed by atoms with Gasteiger partial charge in [-0.1, -0.05) is 23.2 Å². The molecule has 2 nitrogen and oxygen atoms in total. The summed E-state index contributed by atoms with van der Waals surface area (Å²) in [6.07, 6.45) is 0.731. The summed E-state index contributed by atoms with van der Waals surface area (Å²) in [5.41, 5.74) is 6.62. The average molecular weight is 219 g/mol. The first-order valence-electron chi connectivity index (χ1n) is 3.98. The SMILES string of the molecule is CC(C)(N)Cc1cc(Cl)nc(Cl)c1. The summed E-state index contributed by atoms with van der Waals surface area (Å²) in [7, 11) is 0. The molecule has 2 N–H and O–H groups in total. The van der Waals surface area contributed by atoms with Crippen molar-refractivity contribution in [1.82, 2.24) is 4.98 Å². The second-order valence-electron chi connectivity index (χ2n) is 3.79. The fourth-order valence-corrected chi connectivity index (χ4v) is 1.65. The summed E-state index contributed by atoms with van der Waals surface area (Å²) < 4.78 is 0. The standard InChI is InChI=1S/C9H12Cl2N2/c1-9(2,12)5-6-3-7(10)13-8(11)4-6/h3-4H,5,12H2,1-2H3. The third-order valence-corrected chi connectivity index (χ3v) is 1.87. The zero-order chi connectivity index (χ0) is 10.1. The molecule has 0 bridgehead atoms. The van der Waals surface area contributed by atoms with E-state index in [1.54, 1.807) is 12.1 Å². The highest BCUT2D eigenvalue weighted by molar-refractivity contribution is 6.32. The van der Waals surface area contributed by atoms with Gasteiger partial charge in [-0.2, -0.15) is 0 Å². The summed E-state index contributed by atoms with van der Waals surface area (Å²) in [6.45, 7) is 3.91. The Morgan fingerprint density at radius 1 is 1.31 bits per heavy atom. The van der Waals surface area contributed by atoms with Crippen molar-refractivity contribution in [2.75, 3.05) is 0 Å². The van der Waals surface area contributed by atoms with Crippen LogP contribution in [0.5, 0.6) is 0 Å². The van der Waals surface area contributed by atoms with E-state index in [0.29, 0.717) is 10.3 Å². The van der Waals surface area contributed by atoms with Crippen LogP contribution in [0.2, 0.25) is 10.3 Å². The van der Waals surface area contributed by atoms with Crippen molar-refractivity contribution < 1.29 is 0 Å². The van der Waals surface area contributed by atoms with Crippen LogP contribution in [0.15, 0.2) is 12.1 Å². The van der Waals surface area contributed by atoms with E-state index in [4.69, 9.17) is 28.9 Å². The van der Waals surface area contributed by atoms with E-state index in [9.17, 15) is 0 Å². The predicted octanol–water partition coefficient (Wildman–Crippen LogP) is 2.67. The maximum atomic E-state index is 5.86. The molecular weight excluding hydrogens is 207 g/mol. The summed E-state index contributed by atoms with van der Waals surface area (Å²) in [5.74, 6) is 0. The maximum absolute atomic E-state index is 5.86. The van der Waals surface area contributed by atoms with Crippen LogP contribution in [0, 0.1) is 0 Å². The summed E-state index contributed by atoms with van der Waals surface area (Å²) >= 11 is 11.5. The van der Waals surface area contributed by atoms with Crippen LogP contribution in [0.1, 0.15) is 19.4 Å². The topological polar surface area (TPSA) is 38.9 Å². The van der Waals surface area contributed by atoms with E-state index in [1.807, 2.05) is 13.8 Å². The fraction of sp³-hybridized carbons (Fsp3) is 0.444. The second-order valence-corrected chi connectivity index (χ2v) is 4.56. The van der Waals surface area contributed by atoms with Gasteiger partial charge in [0, 0.05) is 5.54 Å². The quantitative estimate of drug-likeness (QED) is 0.776. The summed E-state index contributed by atoms with van der Waals surface area (Å²) in [5, 5.41) is 0.818. The Morgan fingerprint density at radius 2 is 1.77 bits per heavy atom. The van der Waals surface area contributed by atoms with E-state index in [-0.39, 0.29) is 5.54 Å². The molecule has 0 spiro atoms. The minimum atomic E-state index is -0.256. The molecule has 1 heterocycles. The lowest BCUT2D eigenvalue weighted by Gasteiger charge is -2.18. The molecule has 0 amide bonds. The molecular formula is C9H12Cl2N2. The van der Waals surface area contributed by atoms with Crippen LogP contribution in [-0.2, 0) is 6.42 Å². The minimum absolute atomic E-state index is 0.256. The molecule has 0 aliphatic carbocycles. The molecule has 1 rings (SSSR count). The molecule has 0 aliphatic rings. The van der Waals surface area contributed by atoms with Crippen LogP contribution in [0.25, 0.3) is 0 Å². The molecule has 72 valence electrons. The number of nitrogens with two attached hydrogens (primary N) is 1. The number of nitrogens with zero attached hydrogens (tertiary/aromatic N) is 1. The van der Waals surface area contributed by atoms with E-state index in [2.05, 4.69) is 4.98 Å². The Hall–Kier alpha value is -0.310. The van der Waals surface area contributed by atoms with Gasteiger partial charge in [0.15, 0.2) is 0 Å². The first-order valence-corrected chi connectivity index (χ1v) is 4.73. The lowest BCUT2D eigenvalue weighted by atomic mass is 9.97. The Kier molecular flexibility index (Phi) is 3.17. The molecule has 1 aromatic heterocycles. The van der Waals surface area contributed by atoms with Gasteiger partial charge in [0.2, 0.25) is 0 Å². The number of hydrogen-bond donors (Lipinski definition) is 1. The van der Waals surface area contributed by atoms with Crippen LogP contribution in [0.3, 0.4) is 0 Å². The second kappa shape index (κ2) is 3.82. The van der Waals surface area contributed by atoms with Crippen molar-refractivity contribution >= 4 is 23.2 Å². The molecule has 0 saturated heterocycles. The van der Waals surface area contributed by atoms with Gasteiger partial charge in [0.25, 0.3) is 0 Å². The Balaban J connectivity index is 2.90. The molecule has 0 aliphatic heterocycles. The van der Waals surface area contributed by atoms with Crippen molar-refractivity contribution in [2.45, 2.75) is 25.8 Å². The molecule has 13 heavy (non-hydrogen) atoms. The molecule has 4 heteroatoms. The molecule has 0 unspecified atom stereocenters. The number of rotatable bonds is 2. The number of hydrogen-bond acceptors (Lipinski definition) is 2. The van der Waals surface area contributed by atoms with E-state index in [0.717, 1.165) is 12.0 Å². The monoisotopic (exact) mass is 218 g/mol. The van der Waals surface area contributed by atoms with E-state index >= 15 is 0 Å². The molecule has 0 atom stereocenters. The average Bonchev–Trinajstić information content (AvgIpc) is 1.78. The Labute approximate surface area is 88.1 Å². The molecule has 0 radical (unpaired) electrons. The zero-order valence-electron chi connectivity index (χ0n) is 7.64. The molecule has 0 aromatic carbocycles. The Morgan fingerprint density at radius 3 is 2.15 bits per heavy atom. The zero-order valence-corrected chi connectivity index (χ0v) is 9.15. The lowest BCUT2D eigenvalue weighted by molar-refractivity contribution is 0.516. The van der Waals surface area contributed by atoms with Crippen molar-refractivity contribution in [1.29, 1.82) is 0 Å². The van der Waals surface area contributed by atoms with Crippen LogP contribution in [0.4, 0.5) is 0 Å². The summed E-state index contributed by atoms with van der Waals surface area (Å²) in [4.78, 5) is 3.85. The van der Waals surface area contributed by atoms with Gasteiger partial charge in [-0.25, -0.2) is 4.98 Å². The first-order chi connectivity index (χ1) is 5.87. The van der Waals surface area contributed by atoms with Gasteiger partial charge in [-0.05, 0) is 38.0 Å². The highest BCUT2D eigenvalue weighted by atomic mass is 35.5. The van der Waals surface area contributed by atoms with Gasteiger partial charge in [0.05, 0.1) is 0 Å². The summed E-state index contributed by atoms with van der Waals surface area (Å²) in [6, 6.07) is 3.56. The highest BCUT2D eigenvalue weighted by Gasteiger charge is 2.12. The van der Waals surface area contributed by atoms with E-state index in [1.165, 1.54) is 0 Å². The number of pyridine rings is 1. The smallest absolute Gasteiger partial charge is 0.131 e. The normalized spacial score (nSPS) is 11.8. The van der Waals surface area contributed by atoms with Gasteiger partial charge in [-0.3, -0.25) is 0 Å². The maximum Gasteiger partial charge on any atom is 0.131 e. The van der Waals surface area contributed by atoms with Crippen LogP contribution < -0.4 is 5.73 Å². The largest absolute Gasteiger partial charge is 0.325 e. The van der Waals surface area contributed by atoms with Gasteiger partial charge in [-0.15, -0.1) is 0 Å². The van der Waals surface area contributed by atoms with Crippen molar-refractivity contribution in [3.8, 4) is 0 Å². The fourth-order valence-electron chi connectivity index (χ4n) is 1.14. The van der Waals surface area contributed by atoms with E-state index < -0.39 is 0 Å². The van der Waals surface area contributed by atoms with Gasteiger partial charge in [0.1, 0.15) is 10.3 Å². The predicted molar refractivity (Wildman–Crippen MR) is 56.2 cm³/mol. The molecule has 1 aromatic rings. The lowest BCUT2D eigenvalue weighted by Crippen LogP contribution is -2.34. The Bertz CT molecular complexity index is 285. The molecule has 0 saturated carbocycles. The molecule has 0 fully saturated rings. The van der Waals surface area contributed by atoms with Crippen LogP contribution in [-0.4, -0.2) is 10.5 Å². The third kappa shape index (κ3) is 3.94. The number of aromatic nitrogens is 1. The van der Waals surface area contributed by atoms with Gasteiger partial charge >= 0.3 is 0 Å². The third-order valence-electron chi connectivity index (χ3n) is 1.48. The van der Waals surface area contributed by atoms with Crippen molar-refractivity contribution in [3.63, 3.8) is 0 Å². The first kappa shape index (κ1) is 10.8.